The van der Waals surface area contributed by atoms with Crippen molar-refractivity contribution < 1.29 is 37.9 Å². The van der Waals surface area contributed by atoms with Gasteiger partial charge in [0.05, 0.1) is 32.5 Å². The third kappa shape index (κ3) is 8.83. The quantitative estimate of drug-likeness (QED) is 0.0821. The summed E-state index contributed by atoms with van der Waals surface area (Å²) in [7, 11) is 1.62. The number of hydrogen-bond acceptors (Lipinski definition) is 8. The van der Waals surface area contributed by atoms with E-state index < -0.39 is 29.9 Å². The van der Waals surface area contributed by atoms with Crippen LogP contribution in [-0.4, -0.2) is 57.1 Å². The van der Waals surface area contributed by atoms with E-state index in [0.717, 1.165) is 52.0 Å². The van der Waals surface area contributed by atoms with Gasteiger partial charge in [0.2, 0.25) is 11.6 Å². The first-order chi connectivity index (χ1) is 27.0. The summed E-state index contributed by atoms with van der Waals surface area (Å²) in [5.74, 6) is -1.92. The molecule has 3 fully saturated rings. The second kappa shape index (κ2) is 17.4. The second-order valence-electron chi connectivity index (χ2n) is 14.3. The van der Waals surface area contributed by atoms with Crippen molar-refractivity contribution in [3.05, 3.63) is 172 Å². The van der Waals surface area contributed by atoms with Crippen LogP contribution >= 0.6 is 11.6 Å². The van der Waals surface area contributed by atoms with Gasteiger partial charge in [-0.15, -0.1) is 0 Å². The number of halogens is 1. The third-order valence-electron chi connectivity index (χ3n) is 10.4. The first-order valence-corrected chi connectivity index (χ1v) is 19.4. The average molecular weight is 763 g/mol. The minimum Gasteiger partial charge on any atom is -0.491 e. The summed E-state index contributed by atoms with van der Waals surface area (Å²) in [5.41, 5.74) is 5.77. The fourth-order valence-corrected chi connectivity index (χ4v) is 7.48. The van der Waals surface area contributed by atoms with Crippen LogP contribution in [0.5, 0.6) is 5.75 Å². The number of benzene rings is 5. The van der Waals surface area contributed by atoms with Crippen molar-refractivity contribution in [1.29, 1.82) is 0 Å². The van der Waals surface area contributed by atoms with Crippen molar-refractivity contribution in [1.82, 2.24) is 0 Å². The largest absolute Gasteiger partial charge is 0.491 e. The molecule has 0 N–H and O–H groups in total. The molecule has 5 atom stereocenters. The lowest BCUT2D eigenvalue weighted by Crippen LogP contribution is -2.67. The van der Waals surface area contributed by atoms with Gasteiger partial charge in [0.25, 0.3) is 0 Å². The number of fused-ring (bicyclic) bond motifs is 2. The van der Waals surface area contributed by atoms with E-state index in [9.17, 15) is 0 Å². The van der Waals surface area contributed by atoms with Gasteiger partial charge in [-0.3, -0.25) is 0 Å². The van der Waals surface area contributed by atoms with Crippen molar-refractivity contribution in [2.45, 2.75) is 75.1 Å². The zero-order valence-electron chi connectivity index (χ0n) is 31.0. The van der Waals surface area contributed by atoms with Gasteiger partial charge >= 0.3 is 0 Å². The molecule has 2 saturated heterocycles. The zero-order valence-corrected chi connectivity index (χ0v) is 31.8. The Balaban J connectivity index is 1.11. The molecular formula is C46H47ClO8. The topological polar surface area (TPSA) is 73.8 Å². The van der Waals surface area contributed by atoms with Crippen LogP contribution in [0.15, 0.2) is 133 Å². The Bertz CT molecular complexity index is 1960. The van der Waals surface area contributed by atoms with Crippen molar-refractivity contribution in [3.63, 3.8) is 0 Å². The molecule has 2 bridgehead atoms. The summed E-state index contributed by atoms with van der Waals surface area (Å²) < 4.78 is 52.4. The molecule has 0 spiro atoms. The maximum Gasteiger partial charge on any atom is 0.227 e. The van der Waals surface area contributed by atoms with E-state index in [-0.39, 0.29) is 13.2 Å². The van der Waals surface area contributed by atoms with Crippen LogP contribution in [0.2, 0.25) is 5.02 Å². The van der Waals surface area contributed by atoms with Crippen molar-refractivity contribution in [2.24, 2.45) is 0 Å². The van der Waals surface area contributed by atoms with Crippen LogP contribution < -0.4 is 4.74 Å². The lowest BCUT2D eigenvalue weighted by molar-refractivity contribution is -0.393. The summed E-state index contributed by atoms with van der Waals surface area (Å²) in [6.45, 7) is 2.13. The number of rotatable bonds is 18. The molecule has 0 radical (unpaired) electrons. The van der Waals surface area contributed by atoms with Crippen LogP contribution in [0.4, 0.5) is 0 Å². The fraction of sp³-hybridized carbons (Fsp3) is 0.348. The first-order valence-electron chi connectivity index (χ1n) is 19.0. The fourth-order valence-electron chi connectivity index (χ4n) is 7.30. The highest BCUT2D eigenvalue weighted by molar-refractivity contribution is 6.31. The second-order valence-corrected chi connectivity index (χ2v) is 14.7. The van der Waals surface area contributed by atoms with Gasteiger partial charge in [0, 0.05) is 17.7 Å². The van der Waals surface area contributed by atoms with E-state index in [0.29, 0.717) is 44.0 Å². The van der Waals surface area contributed by atoms with E-state index in [1.165, 1.54) is 0 Å². The maximum atomic E-state index is 7.07. The van der Waals surface area contributed by atoms with Gasteiger partial charge in [-0.05, 0) is 71.3 Å². The Morgan fingerprint density at radius 1 is 0.636 bits per heavy atom. The lowest BCUT2D eigenvalue weighted by Gasteiger charge is -2.50. The lowest BCUT2D eigenvalue weighted by atomic mass is 9.86. The third-order valence-corrected chi connectivity index (χ3v) is 10.8. The Morgan fingerprint density at radius 2 is 1.24 bits per heavy atom. The Hall–Kier alpha value is -4.09. The van der Waals surface area contributed by atoms with Crippen LogP contribution in [0, 0.1) is 0 Å². The molecule has 8 rings (SSSR count). The zero-order chi connectivity index (χ0) is 37.5. The summed E-state index contributed by atoms with van der Waals surface area (Å²) >= 11 is 6.91. The minimum atomic E-state index is -1.42. The van der Waals surface area contributed by atoms with E-state index in [1.807, 2.05) is 121 Å². The van der Waals surface area contributed by atoms with Crippen LogP contribution in [0.25, 0.3) is 0 Å². The molecule has 286 valence electrons. The Morgan fingerprint density at radius 3 is 1.84 bits per heavy atom. The summed E-state index contributed by atoms with van der Waals surface area (Å²) in [6.07, 6.45) is 1.12. The summed E-state index contributed by atoms with van der Waals surface area (Å²) in [6, 6.07) is 44.1. The Kier molecular flexibility index (Phi) is 11.9. The standard InChI is InChI=1S/C46H47ClO8/c1-48-45-32-54-46(55-45,38-19-24-41(47)37(28-38)27-33-17-20-39(21-18-33)49-25-26-50-40-22-23-40)44(53-31-36-15-9-4-10-16-36)42(51-29-34-11-5-2-6-12-34)43(45)52-30-35-13-7-3-8-14-35/h2-21,24,28,40,42-44H,22-23,25-27,29-32H2,1H3/t42-,43-,44+,45-,46-/m0/s1. The highest BCUT2D eigenvalue weighted by Crippen LogP contribution is 2.53. The van der Waals surface area contributed by atoms with Gasteiger partial charge < -0.3 is 37.9 Å². The van der Waals surface area contributed by atoms with Crippen LogP contribution in [-0.2, 0) is 65.2 Å². The molecular weight excluding hydrogens is 716 g/mol. The van der Waals surface area contributed by atoms with Crippen LogP contribution in [0.1, 0.15) is 46.2 Å². The molecule has 9 heteroatoms. The SMILES string of the molecule is CO[C@@]12CO[C@@](c3ccc(Cl)c(Cc4ccc(OCCOC5CC5)cc4)c3)(O1)[C@H](OCc1ccccc1)[C@@H](OCc1ccccc1)[C@@H]2OCc1ccccc1. The normalized spacial score (nSPS) is 24.5. The molecule has 2 aliphatic heterocycles. The molecule has 2 heterocycles. The predicted molar refractivity (Wildman–Crippen MR) is 209 cm³/mol. The van der Waals surface area contributed by atoms with Crippen molar-refractivity contribution in [2.75, 3.05) is 26.9 Å². The van der Waals surface area contributed by atoms with E-state index in [1.54, 1.807) is 7.11 Å². The van der Waals surface area contributed by atoms with Crippen molar-refractivity contribution in [3.8, 4) is 5.75 Å². The molecule has 1 aliphatic carbocycles. The molecule has 0 amide bonds. The van der Waals surface area contributed by atoms with E-state index >= 15 is 0 Å². The molecule has 55 heavy (non-hydrogen) atoms. The highest BCUT2D eigenvalue weighted by atomic mass is 35.5. The van der Waals surface area contributed by atoms with Crippen LogP contribution in [0.3, 0.4) is 0 Å². The monoisotopic (exact) mass is 762 g/mol. The molecule has 3 aliphatic rings. The van der Waals surface area contributed by atoms with Gasteiger partial charge in [0.15, 0.2) is 0 Å². The van der Waals surface area contributed by atoms with Gasteiger partial charge in [-0.2, -0.15) is 0 Å². The van der Waals surface area contributed by atoms with E-state index in [2.05, 4.69) is 12.1 Å². The molecule has 8 nitrogen and oxygen atoms in total. The van der Waals surface area contributed by atoms with Gasteiger partial charge in [0.1, 0.15) is 37.3 Å². The highest BCUT2D eigenvalue weighted by Gasteiger charge is 2.70. The maximum absolute atomic E-state index is 7.07. The molecule has 0 aromatic heterocycles. The molecule has 1 saturated carbocycles. The number of hydrogen-bond donors (Lipinski definition) is 0. The molecule has 5 aromatic rings. The van der Waals surface area contributed by atoms with E-state index in [4.69, 9.17) is 49.5 Å². The minimum absolute atomic E-state index is 0.0878. The predicted octanol–water partition coefficient (Wildman–Crippen LogP) is 8.80. The Labute approximate surface area is 328 Å². The average Bonchev–Trinajstić information content (AvgIpc) is 4.00. The molecule has 5 aromatic carbocycles. The first kappa shape index (κ1) is 37.8. The summed E-state index contributed by atoms with van der Waals surface area (Å²) in [5, 5.41) is 0.632. The number of ether oxygens (including phenoxy) is 8. The van der Waals surface area contributed by atoms with Gasteiger partial charge in [-0.25, -0.2) is 0 Å². The number of methoxy groups -OCH3 is 1. The van der Waals surface area contributed by atoms with Gasteiger partial charge in [-0.1, -0.05) is 121 Å². The van der Waals surface area contributed by atoms with Crippen molar-refractivity contribution >= 4 is 11.6 Å². The molecule has 0 unspecified atom stereocenters. The summed E-state index contributed by atoms with van der Waals surface area (Å²) in [4.78, 5) is 0. The smallest absolute Gasteiger partial charge is 0.227 e.